The van der Waals surface area contributed by atoms with Gasteiger partial charge in [-0.3, -0.25) is 4.90 Å². The van der Waals surface area contributed by atoms with Crippen molar-refractivity contribution in [2.24, 2.45) is 0 Å². The van der Waals surface area contributed by atoms with Crippen LogP contribution < -0.4 is 0 Å². The van der Waals surface area contributed by atoms with Crippen LogP contribution in [0.2, 0.25) is 0 Å². The van der Waals surface area contributed by atoms with Crippen LogP contribution >= 0.6 is 0 Å². The van der Waals surface area contributed by atoms with Crippen molar-refractivity contribution in [1.82, 2.24) is 4.90 Å². The van der Waals surface area contributed by atoms with Crippen molar-refractivity contribution in [3.63, 3.8) is 0 Å². The van der Waals surface area contributed by atoms with Gasteiger partial charge in [-0.15, -0.1) is 13.2 Å². The van der Waals surface area contributed by atoms with Crippen molar-refractivity contribution in [2.45, 2.75) is 38.1 Å². The van der Waals surface area contributed by atoms with Crippen LogP contribution in [-0.4, -0.2) is 28.2 Å². The predicted molar refractivity (Wildman–Crippen MR) is 137 cm³/mol. The smallest absolute Gasteiger partial charge is 0.128 e. The van der Waals surface area contributed by atoms with Gasteiger partial charge >= 0.3 is 0 Å². The third kappa shape index (κ3) is 5.07. The molecule has 1 saturated heterocycles. The molecular weight excluding hydrogens is 425 g/mol. The molecule has 0 amide bonds. The lowest BCUT2D eigenvalue weighted by molar-refractivity contribution is 0.184. The molecule has 3 nitrogen and oxygen atoms in total. The summed E-state index contributed by atoms with van der Waals surface area (Å²) in [6.45, 7) is 9.45. The van der Waals surface area contributed by atoms with E-state index >= 15 is 0 Å². The topological polar surface area (TPSA) is 43.7 Å². The molecule has 0 radical (unpaired) electrons. The Morgan fingerprint density at radius 3 is 2.26 bits per heavy atom. The van der Waals surface area contributed by atoms with Gasteiger partial charge in [0, 0.05) is 16.7 Å². The molecule has 1 fully saturated rings. The van der Waals surface area contributed by atoms with Gasteiger partial charge in [-0.05, 0) is 91.9 Å². The van der Waals surface area contributed by atoms with Crippen LogP contribution in [0.3, 0.4) is 0 Å². The molecule has 4 rings (SSSR count). The molecule has 1 unspecified atom stereocenters. The molecule has 1 atom stereocenters. The summed E-state index contributed by atoms with van der Waals surface area (Å²) in [6.07, 6.45) is 8.21. The van der Waals surface area contributed by atoms with Crippen LogP contribution in [0.4, 0.5) is 4.39 Å². The molecule has 1 heterocycles. The number of benzene rings is 3. The number of likely N-dealkylation sites (tertiary alicyclic amines) is 1. The number of aromatic hydroxyl groups is 2. The van der Waals surface area contributed by atoms with E-state index < -0.39 is 0 Å². The molecule has 4 heteroatoms. The van der Waals surface area contributed by atoms with Gasteiger partial charge in [-0.25, -0.2) is 4.39 Å². The largest absolute Gasteiger partial charge is 0.507 e. The molecule has 0 aliphatic carbocycles. The summed E-state index contributed by atoms with van der Waals surface area (Å²) < 4.78 is 14.3. The number of phenolic OH excluding ortho intramolecular Hbond substituents is 2. The van der Waals surface area contributed by atoms with Crippen molar-refractivity contribution in [2.75, 3.05) is 13.1 Å². The Morgan fingerprint density at radius 2 is 1.56 bits per heavy atom. The van der Waals surface area contributed by atoms with Gasteiger partial charge in [0.1, 0.15) is 17.3 Å². The van der Waals surface area contributed by atoms with E-state index in [-0.39, 0.29) is 23.4 Å². The van der Waals surface area contributed by atoms with E-state index in [0.717, 1.165) is 48.2 Å². The average molecular weight is 458 g/mol. The number of allylic oxidation sites excluding steroid dienone is 2. The SMILES string of the molecule is C=CCc1ccc(O)c(-c2cc(CC=C)cc(C(c3cccc(F)c3)N3CCCCC3)c2O)c1. The second kappa shape index (κ2) is 10.7. The standard InChI is InChI=1S/C30H32FNO2/c1-3-9-21-13-14-28(33)25(17-21)26-18-22(10-4-2)19-27(30(26)34)29(32-15-6-5-7-16-32)23-11-8-12-24(31)20-23/h3-4,8,11-14,17-20,29,33-34H,1-2,5-7,9-10,15-16H2. The zero-order valence-electron chi connectivity index (χ0n) is 19.5. The summed E-state index contributed by atoms with van der Waals surface area (Å²) in [6, 6.07) is 15.7. The minimum atomic E-state index is -0.295. The van der Waals surface area contributed by atoms with Crippen LogP contribution in [-0.2, 0) is 12.8 Å². The maximum Gasteiger partial charge on any atom is 0.128 e. The Balaban J connectivity index is 1.93. The Morgan fingerprint density at radius 1 is 0.853 bits per heavy atom. The predicted octanol–water partition coefficient (Wildman–Crippen LogP) is 6.94. The van der Waals surface area contributed by atoms with Gasteiger partial charge in [0.15, 0.2) is 0 Å². The van der Waals surface area contributed by atoms with Crippen LogP contribution in [0, 0.1) is 5.82 Å². The molecule has 2 N–H and O–H groups in total. The maximum absolute atomic E-state index is 14.3. The van der Waals surface area contributed by atoms with Crippen molar-refractivity contribution in [3.8, 4) is 22.6 Å². The minimum absolute atomic E-state index is 0.102. The minimum Gasteiger partial charge on any atom is -0.507 e. The number of hydrogen-bond acceptors (Lipinski definition) is 3. The third-order valence-electron chi connectivity index (χ3n) is 6.53. The van der Waals surface area contributed by atoms with Gasteiger partial charge in [-0.1, -0.05) is 36.8 Å². The molecular formula is C30H32FNO2. The van der Waals surface area contributed by atoms with Crippen LogP contribution in [0.5, 0.6) is 11.5 Å². The number of hydrogen-bond donors (Lipinski definition) is 2. The lowest BCUT2D eigenvalue weighted by Crippen LogP contribution is -2.34. The van der Waals surface area contributed by atoms with E-state index in [1.807, 2.05) is 42.5 Å². The summed E-state index contributed by atoms with van der Waals surface area (Å²) >= 11 is 0. The molecule has 0 spiro atoms. The van der Waals surface area contributed by atoms with Crippen LogP contribution in [0.1, 0.15) is 47.6 Å². The maximum atomic E-state index is 14.3. The second-order valence-electron chi connectivity index (χ2n) is 8.97. The first-order valence-electron chi connectivity index (χ1n) is 11.9. The molecule has 1 aliphatic heterocycles. The van der Waals surface area contributed by atoms with Gasteiger partial charge in [0.05, 0.1) is 6.04 Å². The fourth-order valence-electron chi connectivity index (χ4n) is 4.95. The van der Waals surface area contributed by atoms with Crippen molar-refractivity contribution in [3.05, 3.63) is 108 Å². The van der Waals surface area contributed by atoms with Gasteiger partial charge in [-0.2, -0.15) is 0 Å². The Labute approximate surface area is 201 Å². The second-order valence-corrected chi connectivity index (χ2v) is 8.97. The molecule has 3 aromatic carbocycles. The van der Waals surface area contributed by atoms with Crippen molar-refractivity contribution >= 4 is 0 Å². The quantitative estimate of drug-likeness (QED) is 0.360. The molecule has 34 heavy (non-hydrogen) atoms. The lowest BCUT2D eigenvalue weighted by atomic mass is 9.88. The summed E-state index contributed by atoms with van der Waals surface area (Å²) in [4.78, 5) is 2.32. The summed E-state index contributed by atoms with van der Waals surface area (Å²) in [7, 11) is 0. The Kier molecular flexibility index (Phi) is 7.49. The van der Waals surface area contributed by atoms with E-state index in [4.69, 9.17) is 0 Å². The highest BCUT2D eigenvalue weighted by Crippen LogP contribution is 2.44. The van der Waals surface area contributed by atoms with Gasteiger partial charge in [0.25, 0.3) is 0 Å². The number of halogens is 1. The zero-order valence-corrected chi connectivity index (χ0v) is 19.5. The van der Waals surface area contributed by atoms with Crippen LogP contribution in [0.15, 0.2) is 79.9 Å². The molecule has 3 aromatic rings. The first-order chi connectivity index (χ1) is 16.5. The van der Waals surface area contributed by atoms with Crippen molar-refractivity contribution in [1.29, 1.82) is 0 Å². The zero-order chi connectivity index (χ0) is 24.1. The number of phenols is 2. The lowest BCUT2D eigenvalue weighted by Gasteiger charge is -2.36. The highest BCUT2D eigenvalue weighted by molar-refractivity contribution is 5.78. The van der Waals surface area contributed by atoms with E-state index in [1.165, 1.54) is 12.5 Å². The highest BCUT2D eigenvalue weighted by atomic mass is 19.1. The van der Waals surface area contributed by atoms with Crippen molar-refractivity contribution < 1.29 is 14.6 Å². The fourth-order valence-corrected chi connectivity index (χ4v) is 4.95. The van der Waals surface area contributed by atoms with Gasteiger partial charge < -0.3 is 10.2 Å². The number of rotatable bonds is 8. The Bertz CT molecular complexity index is 1180. The molecule has 0 bridgehead atoms. The summed E-state index contributed by atoms with van der Waals surface area (Å²) in [5, 5.41) is 22.4. The first kappa shape index (κ1) is 23.8. The van der Waals surface area contributed by atoms with Crippen LogP contribution in [0.25, 0.3) is 11.1 Å². The number of nitrogens with zero attached hydrogens (tertiary/aromatic N) is 1. The normalized spacial score (nSPS) is 15.1. The highest BCUT2D eigenvalue weighted by Gasteiger charge is 2.28. The van der Waals surface area contributed by atoms with E-state index in [2.05, 4.69) is 18.1 Å². The first-order valence-corrected chi connectivity index (χ1v) is 11.9. The van der Waals surface area contributed by atoms with E-state index in [1.54, 1.807) is 18.2 Å². The summed E-state index contributed by atoms with van der Waals surface area (Å²) in [5.74, 6) is -0.0833. The third-order valence-corrected chi connectivity index (χ3v) is 6.53. The fraction of sp³-hybridized carbons (Fsp3) is 0.267. The number of piperidine rings is 1. The molecule has 0 aromatic heterocycles. The average Bonchev–Trinajstić information content (AvgIpc) is 2.83. The molecule has 1 aliphatic rings. The summed E-state index contributed by atoms with van der Waals surface area (Å²) in [5.41, 5.74) is 4.64. The molecule has 0 saturated carbocycles. The van der Waals surface area contributed by atoms with Gasteiger partial charge in [0.2, 0.25) is 0 Å². The van der Waals surface area contributed by atoms with E-state index in [9.17, 15) is 14.6 Å². The van der Waals surface area contributed by atoms with E-state index in [0.29, 0.717) is 24.0 Å². The monoisotopic (exact) mass is 457 g/mol. The molecule has 176 valence electrons. The Hall–Kier alpha value is -3.37.